The lowest BCUT2D eigenvalue weighted by molar-refractivity contribution is 0.0514. The highest BCUT2D eigenvalue weighted by atomic mass is 16.5. The molecular formula is C11H13N3O3. The maximum atomic E-state index is 11.4. The van der Waals surface area contributed by atoms with Gasteiger partial charge < -0.3 is 9.26 Å². The van der Waals surface area contributed by atoms with Crippen molar-refractivity contribution in [1.29, 1.82) is 0 Å². The number of carbonyl (C=O) groups is 1. The molecule has 0 saturated carbocycles. The molecule has 0 radical (unpaired) electrons. The van der Waals surface area contributed by atoms with E-state index in [1.807, 2.05) is 20.2 Å². The number of nitrogens with zero attached hydrogens (tertiary/aromatic N) is 3. The van der Waals surface area contributed by atoms with E-state index in [0.717, 1.165) is 11.3 Å². The second kappa shape index (κ2) is 4.40. The van der Waals surface area contributed by atoms with E-state index in [2.05, 4.69) is 10.3 Å². The molecule has 17 heavy (non-hydrogen) atoms. The van der Waals surface area contributed by atoms with Gasteiger partial charge in [0.05, 0.1) is 17.9 Å². The van der Waals surface area contributed by atoms with E-state index in [0.29, 0.717) is 12.4 Å². The van der Waals surface area contributed by atoms with Crippen molar-refractivity contribution < 1.29 is 14.1 Å². The van der Waals surface area contributed by atoms with Crippen LogP contribution in [0.15, 0.2) is 16.8 Å². The van der Waals surface area contributed by atoms with Crippen molar-refractivity contribution in [2.24, 2.45) is 7.05 Å². The Morgan fingerprint density at radius 3 is 2.94 bits per heavy atom. The van der Waals surface area contributed by atoms with Gasteiger partial charge >= 0.3 is 5.97 Å². The fourth-order valence-corrected chi connectivity index (χ4v) is 1.54. The van der Waals surface area contributed by atoms with E-state index in [1.165, 1.54) is 0 Å². The van der Waals surface area contributed by atoms with Gasteiger partial charge in [-0.05, 0) is 13.8 Å². The molecule has 2 aromatic rings. The number of aryl methyl sites for hydroxylation is 2. The summed E-state index contributed by atoms with van der Waals surface area (Å²) in [6.07, 6.45) is 1.81. The maximum Gasteiger partial charge on any atom is 0.360 e. The molecule has 0 unspecified atom stereocenters. The second-order valence-electron chi connectivity index (χ2n) is 3.60. The summed E-state index contributed by atoms with van der Waals surface area (Å²) in [6.45, 7) is 3.92. The highest BCUT2D eigenvalue weighted by Gasteiger charge is 2.16. The Bertz CT molecular complexity index is 542. The molecule has 0 aliphatic heterocycles. The van der Waals surface area contributed by atoms with Crippen LogP contribution in [-0.2, 0) is 11.8 Å². The summed E-state index contributed by atoms with van der Waals surface area (Å²) >= 11 is 0. The number of rotatable bonds is 3. The largest absolute Gasteiger partial charge is 0.461 e. The molecule has 0 saturated heterocycles. The van der Waals surface area contributed by atoms with Gasteiger partial charge in [0, 0.05) is 19.3 Å². The Morgan fingerprint density at radius 2 is 2.35 bits per heavy atom. The van der Waals surface area contributed by atoms with Crippen molar-refractivity contribution in [3.05, 3.63) is 23.7 Å². The maximum absolute atomic E-state index is 11.4. The summed E-state index contributed by atoms with van der Waals surface area (Å²) in [6, 6.07) is 1.56. The predicted molar refractivity (Wildman–Crippen MR) is 59.4 cm³/mol. The molecule has 90 valence electrons. The zero-order chi connectivity index (χ0) is 12.4. The van der Waals surface area contributed by atoms with Gasteiger partial charge in [-0.25, -0.2) is 4.79 Å². The summed E-state index contributed by atoms with van der Waals surface area (Å²) in [5.74, 6) is 0.0303. The first-order valence-electron chi connectivity index (χ1n) is 5.26. The molecule has 6 heteroatoms. The van der Waals surface area contributed by atoms with Crippen LogP contribution in [0, 0.1) is 6.92 Å². The van der Waals surface area contributed by atoms with Crippen molar-refractivity contribution in [2.75, 3.05) is 6.61 Å². The Kier molecular flexibility index (Phi) is 2.95. The molecule has 0 spiro atoms. The molecule has 2 heterocycles. The van der Waals surface area contributed by atoms with Crippen molar-refractivity contribution in [1.82, 2.24) is 14.9 Å². The van der Waals surface area contributed by atoms with Gasteiger partial charge in [-0.1, -0.05) is 5.16 Å². The van der Waals surface area contributed by atoms with Crippen LogP contribution in [0.2, 0.25) is 0 Å². The van der Waals surface area contributed by atoms with Crippen LogP contribution in [0.4, 0.5) is 0 Å². The molecule has 6 nitrogen and oxygen atoms in total. The molecule has 0 atom stereocenters. The number of carbonyl (C=O) groups excluding carboxylic acids is 1. The summed E-state index contributed by atoms with van der Waals surface area (Å²) in [5, 5.41) is 7.87. The van der Waals surface area contributed by atoms with Crippen LogP contribution in [0.5, 0.6) is 0 Å². The van der Waals surface area contributed by atoms with Gasteiger partial charge in [0.25, 0.3) is 0 Å². The molecule has 0 bridgehead atoms. The Balaban J connectivity index is 2.30. The van der Waals surface area contributed by atoms with Crippen molar-refractivity contribution in [2.45, 2.75) is 13.8 Å². The summed E-state index contributed by atoms with van der Waals surface area (Å²) in [5.41, 5.74) is 1.81. The Morgan fingerprint density at radius 1 is 1.59 bits per heavy atom. The third-order valence-electron chi connectivity index (χ3n) is 2.27. The van der Waals surface area contributed by atoms with Gasteiger partial charge in [-0.15, -0.1) is 0 Å². The first-order valence-corrected chi connectivity index (χ1v) is 5.26. The van der Waals surface area contributed by atoms with E-state index in [-0.39, 0.29) is 5.69 Å². The van der Waals surface area contributed by atoms with Gasteiger partial charge in [0.2, 0.25) is 0 Å². The van der Waals surface area contributed by atoms with Crippen molar-refractivity contribution in [3.63, 3.8) is 0 Å². The first-order chi connectivity index (χ1) is 8.11. The lowest BCUT2D eigenvalue weighted by Crippen LogP contribution is -2.04. The Hall–Kier alpha value is -2.11. The molecule has 0 fully saturated rings. The highest BCUT2D eigenvalue weighted by Crippen LogP contribution is 2.23. The molecule has 0 amide bonds. The minimum atomic E-state index is -0.482. The summed E-state index contributed by atoms with van der Waals surface area (Å²) in [7, 11) is 1.82. The zero-order valence-electron chi connectivity index (χ0n) is 9.93. The number of aromatic nitrogens is 3. The molecule has 2 rings (SSSR count). The standard InChI is InChI=1S/C11H13N3O3/c1-4-16-11(15)9-5-10(17-13-9)8-6-14(3)12-7(8)2/h5-6H,4H2,1-3H3. The van der Waals surface area contributed by atoms with E-state index in [1.54, 1.807) is 17.7 Å². The lowest BCUT2D eigenvalue weighted by Gasteiger charge is -1.94. The van der Waals surface area contributed by atoms with Gasteiger partial charge in [0.15, 0.2) is 11.5 Å². The monoisotopic (exact) mass is 235 g/mol. The summed E-state index contributed by atoms with van der Waals surface area (Å²) < 4.78 is 11.6. The van der Waals surface area contributed by atoms with Crippen LogP contribution >= 0.6 is 0 Å². The normalized spacial score (nSPS) is 10.5. The first kappa shape index (κ1) is 11.4. The van der Waals surface area contributed by atoms with Crippen LogP contribution in [0.25, 0.3) is 11.3 Å². The quantitative estimate of drug-likeness (QED) is 0.755. The van der Waals surface area contributed by atoms with E-state index < -0.39 is 5.97 Å². The molecular weight excluding hydrogens is 222 g/mol. The second-order valence-corrected chi connectivity index (χ2v) is 3.60. The van der Waals surface area contributed by atoms with Crippen LogP contribution in [0.3, 0.4) is 0 Å². The number of hydrogen-bond donors (Lipinski definition) is 0. The van der Waals surface area contributed by atoms with Gasteiger partial charge in [-0.3, -0.25) is 4.68 Å². The topological polar surface area (TPSA) is 70.2 Å². The van der Waals surface area contributed by atoms with E-state index in [9.17, 15) is 4.79 Å². The molecule has 0 aromatic carbocycles. The molecule has 0 aliphatic carbocycles. The molecule has 2 aromatic heterocycles. The smallest absolute Gasteiger partial charge is 0.360 e. The average Bonchev–Trinajstić information content (AvgIpc) is 2.85. The highest BCUT2D eigenvalue weighted by molar-refractivity contribution is 5.88. The number of ether oxygens (including phenoxy) is 1. The third-order valence-corrected chi connectivity index (χ3v) is 2.27. The fourth-order valence-electron chi connectivity index (χ4n) is 1.54. The zero-order valence-corrected chi connectivity index (χ0v) is 9.93. The summed E-state index contributed by atoms with van der Waals surface area (Å²) in [4.78, 5) is 11.4. The minimum Gasteiger partial charge on any atom is -0.461 e. The van der Waals surface area contributed by atoms with Gasteiger partial charge in [0.1, 0.15) is 0 Å². The third kappa shape index (κ3) is 2.20. The van der Waals surface area contributed by atoms with E-state index >= 15 is 0 Å². The fraction of sp³-hybridized carbons (Fsp3) is 0.364. The van der Waals surface area contributed by atoms with Gasteiger partial charge in [-0.2, -0.15) is 5.10 Å². The molecule has 0 aliphatic rings. The Labute approximate surface area is 98.2 Å². The SMILES string of the molecule is CCOC(=O)c1cc(-c2cn(C)nc2C)on1. The average molecular weight is 235 g/mol. The van der Waals surface area contributed by atoms with Crippen LogP contribution in [-0.4, -0.2) is 27.5 Å². The van der Waals surface area contributed by atoms with Crippen molar-refractivity contribution in [3.8, 4) is 11.3 Å². The van der Waals surface area contributed by atoms with Crippen LogP contribution in [0.1, 0.15) is 23.1 Å². The lowest BCUT2D eigenvalue weighted by atomic mass is 10.2. The minimum absolute atomic E-state index is 0.171. The van der Waals surface area contributed by atoms with E-state index in [4.69, 9.17) is 9.26 Å². The van der Waals surface area contributed by atoms with Crippen LogP contribution < -0.4 is 0 Å². The molecule has 0 N–H and O–H groups in total. The predicted octanol–water partition coefficient (Wildman–Crippen LogP) is 1.56. The van der Waals surface area contributed by atoms with Crippen molar-refractivity contribution >= 4 is 5.97 Å². The number of esters is 1. The number of hydrogen-bond acceptors (Lipinski definition) is 5.